The first-order valence-corrected chi connectivity index (χ1v) is 10.5. The van der Waals surface area contributed by atoms with Gasteiger partial charge in [0.25, 0.3) is 0 Å². The molecule has 1 aliphatic heterocycles. The van der Waals surface area contributed by atoms with Crippen molar-refractivity contribution in [2.24, 2.45) is 4.99 Å². The van der Waals surface area contributed by atoms with E-state index in [0.717, 1.165) is 24.2 Å². The van der Waals surface area contributed by atoms with Crippen molar-refractivity contribution in [3.05, 3.63) is 29.3 Å². The van der Waals surface area contributed by atoms with Gasteiger partial charge in [-0.05, 0) is 56.9 Å². The lowest BCUT2D eigenvalue weighted by atomic mass is 10.1. The number of amidine groups is 1. The Balaban J connectivity index is 1.78. The van der Waals surface area contributed by atoms with E-state index >= 15 is 0 Å². The number of esters is 1. The van der Waals surface area contributed by atoms with Crippen LogP contribution in [0.1, 0.15) is 43.7 Å². The predicted molar refractivity (Wildman–Crippen MR) is 109 cm³/mol. The molecule has 142 valence electrons. The maximum absolute atomic E-state index is 11.8. The van der Waals surface area contributed by atoms with Crippen molar-refractivity contribution in [1.82, 2.24) is 4.90 Å². The number of carbonyl (C=O) groups excluding carboxylic acids is 1. The molecule has 1 saturated carbocycles. The van der Waals surface area contributed by atoms with Crippen molar-refractivity contribution in [3.63, 3.8) is 0 Å². The van der Waals surface area contributed by atoms with E-state index < -0.39 is 0 Å². The Morgan fingerprint density at radius 1 is 1.27 bits per heavy atom. The van der Waals surface area contributed by atoms with Crippen LogP contribution < -0.4 is 4.90 Å². The number of rotatable bonds is 5. The molecule has 5 nitrogen and oxygen atoms in total. The number of thioether (sulfide) groups is 1. The van der Waals surface area contributed by atoms with Crippen molar-refractivity contribution >= 4 is 28.6 Å². The molecular weight excluding hydrogens is 346 g/mol. The van der Waals surface area contributed by atoms with Crippen LogP contribution in [0, 0.1) is 13.8 Å². The van der Waals surface area contributed by atoms with Crippen LogP contribution in [0.25, 0.3) is 0 Å². The van der Waals surface area contributed by atoms with Gasteiger partial charge in [-0.1, -0.05) is 30.7 Å². The van der Waals surface area contributed by atoms with Gasteiger partial charge in [0.2, 0.25) is 0 Å². The summed E-state index contributed by atoms with van der Waals surface area (Å²) in [4.78, 5) is 21.3. The van der Waals surface area contributed by atoms with Crippen LogP contribution in [0.2, 0.25) is 0 Å². The first kappa shape index (κ1) is 19.2. The summed E-state index contributed by atoms with van der Waals surface area (Å²) >= 11 is 1.48. The maximum atomic E-state index is 11.8. The number of nitrogens with zero attached hydrogens (tertiary/aromatic N) is 3. The molecule has 0 saturated heterocycles. The SMILES string of the molecule is CCOC(=O)CSC1=NCN(C2CCCC2)CN1c1ccc(C)c(C)c1. The number of benzene rings is 1. The molecule has 1 heterocycles. The Kier molecular flexibility index (Phi) is 6.59. The molecule has 26 heavy (non-hydrogen) atoms. The van der Waals surface area contributed by atoms with E-state index in [1.54, 1.807) is 0 Å². The molecule has 1 aromatic carbocycles. The van der Waals surface area contributed by atoms with Gasteiger partial charge >= 0.3 is 5.97 Å². The third kappa shape index (κ3) is 4.60. The summed E-state index contributed by atoms with van der Waals surface area (Å²) in [6, 6.07) is 7.16. The van der Waals surface area contributed by atoms with E-state index in [1.807, 2.05) is 6.92 Å². The molecule has 1 fully saturated rings. The highest BCUT2D eigenvalue weighted by Crippen LogP contribution is 2.29. The smallest absolute Gasteiger partial charge is 0.316 e. The Labute approximate surface area is 160 Å². The molecule has 1 aromatic rings. The number of anilines is 1. The largest absolute Gasteiger partial charge is 0.465 e. The lowest BCUT2D eigenvalue weighted by Gasteiger charge is -2.38. The van der Waals surface area contributed by atoms with Crippen molar-refractivity contribution in [2.75, 3.05) is 30.6 Å². The van der Waals surface area contributed by atoms with Gasteiger partial charge in [0.05, 0.1) is 25.7 Å². The van der Waals surface area contributed by atoms with Gasteiger partial charge in [-0.2, -0.15) is 0 Å². The monoisotopic (exact) mass is 375 g/mol. The van der Waals surface area contributed by atoms with Crippen LogP contribution in [0.4, 0.5) is 5.69 Å². The van der Waals surface area contributed by atoms with Crippen LogP contribution in [-0.4, -0.2) is 47.8 Å². The Morgan fingerprint density at radius 2 is 2.04 bits per heavy atom. The quantitative estimate of drug-likeness (QED) is 0.730. The van der Waals surface area contributed by atoms with Gasteiger partial charge in [-0.3, -0.25) is 9.69 Å². The minimum absolute atomic E-state index is 0.182. The lowest BCUT2D eigenvalue weighted by molar-refractivity contribution is -0.139. The number of hydrogen-bond acceptors (Lipinski definition) is 6. The highest BCUT2D eigenvalue weighted by Gasteiger charge is 2.29. The zero-order valence-corrected chi connectivity index (χ0v) is 16.8. The van der Waals surface area contributed by atoms with Crippen molar-refractivity contribution < 1.29 is 9.53 Å². The van der Waals surface area contributed by atoms with Crippen LogP contribution in [-0.2, 0) is 9.53 Å². The second-order valence-corrected chi connectivity index (χ2v) is 7.98. The molecule has 6 heteroatoms. The fourth-order valence-corrected chi connectivity index (χ4v) is 4.36. The Bertz CT molecular complexity index is 671. The second kappa shape index (κ2) is 8.91. The van der Waals surface area contributed by atoms with Gasteiger partial charge in [0.15, 0.2) is 5.17 Å². The van der Waals surface area contributed by atoms with Crippen molar-refractivity contribution in [3.8, 4) is 0 Å². The summed E-state index contributed by atoms with van der Waals surface area (Å²) in [6.45, 7) is 8.08. The highest BCUT2D eigenvalue weighted by molar-refractivity contribution is 8.14. The summed E-state index contributed by atoms with van der Waals surface area (Å²) < 4.78 is 5.07. The maximum Gasteiger partial charge on any atom is 0.316 e. The fourth-order valence-electron chi connectivity index (χ4n) is 3.56. The molecule has 0 spiro atoms. The average molecular weight is 376 g/mol. The number of carbonyl (C=O) groups is 1. The Hall–Kier alpha value is -1.53. The van der Waals surface area contributed by atoms with Crippen LogP contribution in [0.15, 0.2) is 23.2 Å². The molecule has 0 radical (unpaired) electrons. The lowest BCUT2D eigenvalue weighted by Crippen LogP contribution is -2.49. The summed E-state index contributed by atoms with van der Waals surface area (Å²) in [5, 5.41) is 0.913. The predicted octanol–water partition coefficient (Wildman–Crippen LogP) is 3.94. The third-order valence-corrected chi connectivity index (χ3v) is 6.20. The zero-order chi connectivity index (χ0) is 18.5. The number of hydrogen-bond donors (Lipinski definition) is 0. The summed E-state index contributed by atoms with van der Waals surface area (Å²) in [5.74, 6) is 0.121. The fraction of sp³-hybridized carbons (Fsp3) is 0.600. The molecule has 1 aliphatic carbocycles. The number of aliphatic imine (C=N–C) groups is 1. The topological polar surface area (TPSA) is 45.1 Å². The van der Waals surface area contributed by atoms with Crippen LogP contribution in [0.5, 0.6) is 0 Å². The normalized spacial score (nSPS) is 18.9. The van der Waals surface area contributed by atoms with E-state index in [9.17, 15) is 4.79 Å². The van der Waals surface area contributed by atoms with Gasteiger partial charge in [-0.15, -0.1) is 0 Å². The summed E-state index contributed by atoms with van der Waals surface area (Å²) in [5.41, 5.74) is 3.71. The first-order valence-electron chi connectivity index (χ1n) is 9.50. The van der Waals surface area contributed by atoms with Crippen LogP contribution in [0.3, 0.4) is 0 Å². The molecule has 2 aliphatic rings. The van der Waals surface area contributed by atoms with E-state index in [1.165, 1.54) is 48.6 Å². The molecule has 0 bridgehead atoms. The molecule has 0 aromatic heterocycles. The standard InChI is InChI=1S/C20H29N3O2S/c1-4-25-19(24)12-26-20-21-13-22(17-7-5-6-8-17)14-23(20)18-10-9-15(2)16(3)11-18/h9-11,17H,4-8,12-14H2,1-3H3. The van der Waals surface area contributed by atoms with E-state index in [4.69, 9.17) is 9.73 Å². The summed E-state index contributed by atoms with van der Waals surface area (Å²) in [7, 11) is 0. The van der Waals surface area contributed by atoms with E-state index in [0.29, 0.717) is 18.4 Å². The van der Waals surface area contributed by atoms with Gasteiger partial charge in [0.1, 0.15) is 0 Å². The molecule has 0 amide bonds. The second-order valence-electron chi connectivity index (χ2n) is 7.04. The third-order valence-electron chi connectivity index (χ3n) is 5.21. The minimum atomic E-state index is -0.182. The number of ether oxygens (including phenoxy) is 1. The molecule has 0 atom stereocenters. The number of aryl methyl sites for hydroxylation is 2. The average Bonchev–Trinajstić information content (AvgIpc) is 3.17. The highest BCUT2D eigenvalue weighted by atomic mass is 32.2. The van der Waals surface area contributed by atoms with E-state index in [2.05, 4.69) is 41.8 Å². The van der Waals surface area contributed by atoms with Gasteiger partial charge in [0, 0.05) is 11.7 Å². The minimum Gasteiger partial charge on any atom is -0.465 e. The molecule has 0 unspecified atom stereocenters. The molecule has 0 N–H and O–H groups in total. The van der Waals surface area contributed by atoms with Gasteiger partial charge in [-0.25, -0.2) is 4.99 Å². The Morgan fingerprint density at radius 3 is 2.73 bits per heavy atom. The molecule has 3 rings (SSSR count). The van der Waals surface area contributed by atoms with Crippen molar-refractivity contribution in [2.45, 2.75) is 52.5 Å². The zero-order valence-electron chi connectivity index (χ0n) is 16.0. The van der Waals surface area contributed by atoms with Gasteiger partial charge < -0.3 is 9.64 Å². The van der Waals surface area contributed by atoms with Crippen molar-refractivity contribution in [1.29, 1.82) is 0 Å². The van der Waals surface area contributed by atoms with E-state index in [-0.39, 0.29) is 5.97 Å². The summed E-state index contributed by atoms with van der Waals surface area (Å²) in [6.07, 6.45) is 5.17. The molecular formula is C20H29N3O2S. The first-order chi connectivity index (χ1) is 12.6. The van der Waals surface area contributed by atoms with Crippen LogP contribution >= 0.6 is 11.8 Å².